The Hall–Kier alpha value is -0.350. The normalized spacial score (nSPS) is 18.4. The molecule has 0 saturated carbocycles. The molecule has 0 aromatic heterocycles. The van der Waals surface area contributed by atoms with Gasteiger partial charge in [-0.1, -0.05) is 20.8 Å². The van der Waals surface area contributed by atoms with Gasteiger partial charge in [-0.3, -0.25) is 0 Å². The Morgan fingerprint density at radius 1 is 1.12 bits per heavy atom. The smallest absolute Gasteiger partial charge is 0.166 e. The summed E-state index contributed by atoms with van der Waals surface area (Å²) < 4.78 is 0. The van der Waals surface area contributed by atoms with Gasteiger partial charge in [0.15, 0.2) is 5.11 Å². The van der Waals surface area contributed by atoms with Crippen LogP contribution in [0.5, 0.6) is 0 Å². The van der Waals surface area contributed by atoms with Crippen molar-refractivity contribution in [2.75, 3.05) is 32.7 Å². The summed E-state index contributed by atoms with van der Waals surface area (Å²) in [7, 11) is 0. The molecule has 1 heterocycles. The number of hydrogen-bond donors (Lipinski definition) is 2. The van der Waals surface area contributed by atoms with Crippen LogP contribution in [-0.2, 0) is 0 Å². The second-order valence-corrected chi connectivity index (χ2v) is 6.01. The number of nitrogens with one attached hydrogen (secondary N) is 2. The van der Waals surface area contributed by atoms with Crippen molar-refractivity contribution in [1.82, 2.24) is 15.5 Å². The third-order valence-electron chi connectivity index (χ3n) is 3.05. The fourth-order valence-electron chi connectivity index (χ4n) is 2.10. The van der Waals surface area contributed by atoms with Gasteiger partial charge in [-0.15, -0.1) is 0 Å². The number of nitrogens with zero attached hydrogens (tertiary/aromatic N) is 1. The van der Waals surface area contributed by atoms with E-state index in [0.717, 1.165) is 18.2 Å². The van der Waals surface area contributed by atoms with Gasteiger partial charge in [0, 0.05) is 19.6 Å². The summed E-state index contributed by atoms with van der Waals surface area (Å²) in [6.07, 6.45) is 2.74. The third kappa shape index (κ3) is 6.84. The van der Waals surface area contributed by atoms with Crippen molar-refractivity contribution in [2.24, 2.45) is 11.8 Å². The summed E-state index contributed by atoms with van der Waals surface area (Å²) in [6, 6.07) is 0. The van der Waals surface area contributed by atoms with Crippen LogP contribution >= 0.6 is 12.2 Å². The molecule has 0 aromatic rings. The lowest BCUT2D eigenvalue weighted by Gasteiger charge is -2.21. The van der Waals surface area contributed by atoms with Gasteiger partial charge in [-0.25, -0.2) is 0 Å². The molecule has 1 fully saturated rings. The molecule has 0 aliphatic carbocycles. The van der Waals surface area contributed by atoms with Gasteiger partial charge in [-0.2, -0.15) is 0 Å². The van der Waals surface area contributed by atoms with Crippen molar-refractivity contribution in [2.45, 2.75) is 33.6 Å². The Morgan fingerprint density at radius 2 is 1.71 bits per heavy atom. The average Bonchev–Trinajstić information content (AvgIpc) is 2.76. The fraction of sp³-hybridized carbons (Fsp3) is 0.923. The highest BCUT2D eigenvalue weighted by molar-refractivity contribution is 7.80. The zero-order valence-corrected chi connectivity index (χ0v) is 12.3. The standard InChI is InChI=1S/C13H27N3S/c1-11(2)8-14-13(17)15-9-12(3)10-16-6-4-5-7-16/h11-12H,4-10H2,1-3H3,(H2,14,15,17). The van der Waals surface area contributed by atoms with Crippen LogP contribution < -0.4 is 10.6 Å². The Bertz CT molecular complexity index is 225. The van der Waals surface area contributed by atoms with Crippen LogP contribution in [0.15, 0.2) is 0 Å². The zero-order chi connectivity index (χ0) is 12.7. The maximum atomic E-state index is 5.24. The molecular formula is C13H27N3S. The quantitative estimate of drug-likeness (QED) is 0.710. The van der Waals surface area contributed by atoms with Crippen LogP contribution in [0.3, 0.4) is 0 Å². The molecule has 17 heavy (non-hydrogen) atoms. The predicted molar refractivity (Wildman–Crippen MR) is 78.3 cm³/mol. The van der Waals surface area contributed by atoms with E-state index in [4.69, 9.17) is 12.2 Å². The number of hydrogen-bond acceptors (Lipinski definition) is 2. The van der Waals surface area contributed by atoms with Crippen LogP contribution in [0.2, 0.25) is 0 Å². The van der Waals surface area contributed by atoms with Crippen molar-refractivity contribution in [3.8, 4) is 0 Å². The number of thiocarbonyl (C=S) groups is 1. The molecule has 0 spiro atoms. The lowest BCUT2D eigenvalue weighted by Crippen LogP contribution is -2.41. The fourth-order valence-corrected chi connectivity index (χ4v) is 2.26. The van der Waals surface area contributed by atoms with Crippen molar-refractivity contribution in [1.29, 1.82) is 0 Å². The first-order valence-electron chi connectivity index (χ1n) is 6.82. The predicted octanol–water partition coefficient (Wildman–Crippen LogP) is 1.84. The van der Waals surface area contributed by atoms with Gasteiger partial charge in [0.05, 0.1) is 0 Å². The summed E-state index contributed by atoms with van der Waals surface area (Å²) in [5.41, 5.74) is 0. The highest BCUT2D eigenvalue weighted by Crippen LogP contribution is 2.09. The summed E-state index contributed by atoms with van der Waals surface area (Å²) >= 11 is 5.24. The van der Waals surface area contributed by atoms with E-state index < -0.39 is 0 Å². The summed E-state index contributed by atoms with van der Waals surface area (Å²) in [5, 5.41) is 7.34. The lowest BCUT2D eigenvalue weighted by molar-refractivity contribution is 0.288. The molecule has 3 nitrogen and oxygen atoms in total. The van der Waals surface area contributed by atoms with E-state index in [-0.39, 0.29) is 0 Å². The minimum Gasteiger partial charge on any atom is -0.362 e. The maximum absolute atomic E-state index is 5.24. The highest BCUT2D eigenvalue weighted by atomic mass is 32.1. The molecule has 1 rings (SSSR count). The van der Waals surface area contributed by atoms with Crippen molar-refractivity contribution >= 4 is 17.3 Å². The van der Waals surface area contributed by atoms with Gasteiger partial charge in [0.1, 0.15) is 0 Å². The molecule has 1 aliphatic rings. The Morgan fingerprint density at radius 3 is 2.29 bits per heavy atom. The number of rotatable bonds is 6. The Balaban J connectivity index is 2.05. The zero-order valence-electron chi connectivity index (χ0n) is 11.5. The molecule has 0 amide bonds. The molecule has 1 saturated heterocycles. The van der Waals surface area contributed by atoms with Crippen molar-refractivity contribution in [3.05, 3.63) is 0 Å². The average molecular weight is 257 g/mol. The van der Waals surface area contributed by atoms with E-state index in [9.17, 15) is 0 Å². The molecule has 1 aliphatic heterocycles. The van der Waals surface area contributed by atoms with Gasteiger partial charge in [0.2, 0.25) is 0 Å². The first kappa shape index (κ1) is 14.7. The Labute approximate surface area is 111 Å². The minimum atomic E-state index is 0.636. The van der Waals surface area contributed by atoms with Gasteiger partial charge < -0.3 is 15.5 Å². The molecule has 2 N–H and O–H groups in total. The molecule has 4 heteroatoms. The van der Waals surface area contributed by atoms with E-state index in [1.54, 1.807) is 0 Å². The molecule has 0 radical (unpaired) electrons. The molecule has 1 unspecified atom stereocenters. The topological polar surface area (TPSA) is 27.3 Å². The first-order valence-corrected chi connectivity index (χ1v) is 7.22. The Kier molecular flexibility index (Phi) is 6.82. The monoisotopic (exact) mass is 257 g/mol. The van der Waals surface area contributed by atoms with Gasteiger partial charge in [-0.05, 0) is 50.0 Å². The first-order chi connectivity index (χ1) is 8.08. The molecule has 100 valence electrons. The van der Waals surface area contributed by atoms with E-state index in [1.165, 1.54) is 32.5 Å². The molecule has 0 bridgehead atoms. The van der Waals surface area contributed by atoms with Crippen LogP contribution in [-0.4, -0.2) is 42.7 Å². The summed E-state index contributed by atoms with van der Waals surface area (Å²) in [6.45, 7) is 12.3. The van der Waals surface area contributed by atoms with E-state index in [1.807, 2.05) is 0 Å². The minimum absolute atomic E-state index is 0.636. The van der Waals surface area contributed by atoms with Gasteiger partial charge in [0.25, 0.3) is 0 Å². The van der Waals surface area contributed by atoms with Crippen molar-refractivity contribution < 1.29 is 0 Å². The van der Waals surface area contributed by atoms with E-state index >= 15 is 0 Å². The van der Waals surface area contributed by atoms with Crippen molar-refractivity contribution in [3.63, 3.8) is 0 Å². The van der Waals surface area contributed by atoms with Gasteiger partial charge >= 0.3 is 0 Å². The second-order valence-electron chi connectivity index (χ2n) is 5.60. The van der Waals surface area contributed by atoms with Crippen LogP contribution in [0, 0.1) is 11.8 Å². The van der Waals surface area contributed by atoms with E-state index in [0.29, 0.717) is 11.8 Å². The second kappa shape index (κ2) is 7.88. The summed E-state index contributed by atoms with van der Waals surface area (Å²) in [4.78, 5) is 2.55. The maximum Gasteiger partial charge on any atom is 0.166 e. The lowest BCUT2D eigenvalue weighted by atomic mass is 10.1. The largest absolute Gasteiger partial charge is 0.362 e. The third-order valence-corrected chi connectivity index (χ3v) is 3.34. The molecule has 1 atom stereocenters. The SMILES string of the molecule is CC(C)CNC(=S)NCC(C)CN1CCCC1. The van der Waals surface area contributed by atoms with E-state index in [2.05, 4.69) is 36.3 Å². The summed E-state index contributed by atoms with van der Waals surface area (Å²) in [5.74, 6) is 1.30. The van der Waals surface area contributed by atoms with Crippen LogP contribution in [0.4, 0.5) is 0 Å². The molecule has 0 aromatic carbocycles. The molecular weight excluding hydrogens is 230 g/mol. The van der Waals surface area contributed by atoms with Crippen LogP contribution in [0.1, 0.15) is 33.6 Å². The van der Waals surface area contributed by atoms with Crippen LogP contribution in [0.25, 0.3) is 0 Å². The highest BCUT2D eigenvalue weighted by Gasteiger charge is 2.14. The number of likely N-dealkylation sites (tertiary alicyclic amines) is 1.